The van der Waals surface area contributed by atoms with Crippen molar-refractivity contribution in [1.29, 1.82) is 0 Å². The van der Waals surface area contributed by atoms with Gasteiger partial charge in [0, 0.05) is 38.9 Å². The molecule has 0 radical (unpaired) electrons. The number of hydrogen-bond acceptors (Lipinski definition) is 8. The van der Waals surface area contributed by atoms with Gasteiger partial charge in [-0.05, 0) is 32.2 Å². The Balaban J connectivity index is 1.33. The van der Waals surface area contributed by atoms with E-state index >= 15 is 0 Å². The minimum Gasteiger partial charge on any atom is -0.378 e. The Hall–Kier alpha value is -3.81. The molecule has 0 bridgehead atoms. The summed E-state index contributed by atoms with van der Waals surface area (Å²) in [5.41, 5.74) is 2.95. The molecule has 4 amide bonds. The van der Waals surface area contributed by atoms with Crippen LogP contribution in [0.15, 0.2) is 24.4 Å². The Kier molecular flexibility index (Phi) is 7.64. The number of nitrogens with zero attached hydrogens (tertiary/aromatic N) is 7. The average Bonchev–Trinajstić information content (AvgIpc) is 3.22. The average molecular weight is 557 g/mol. The van der Waals surface area contributed by atoms with E-state index in [0.29, 0.717) is 61.8 Å². The number of hydrogen-bond donors (Lipinski definition) is 2. The van der Waals surface area contributed by atoms with E-state index in [-0.39, 0.29) is 16.6 Å². The number of benzene rings is 1. The van der Waals surface area contributed by atoms with Crippen molar-refractivity contribution in [2.45, 2.75) is 6.92 Å². The summed E-state index contributed by atoms with van der Waals surface area (Å²) >= 11 is 6.37. The predicted octanol–water partition coefficient (Wildman–Crippen LogP) is 0.535. The number of aryl methyl sites for hydroxylation is 2. The Bertz CT molecular complexity index is 1430. The number of imide groups is 1. The first-order valence-electron chi connectivity index (χ1n) is 12.7. The zero-order chi connectivity index (χ0) is 27.7. The summed E-state index contributed by atoms with van der Waals surface area (Å²) in [6.07, 6.45) is 1.45. The molecule has 2 aliphatic heterocycles. The summed E-state index contributed by atoms with van der Waals surface area (Å²) in [6, 6.07) is 3.87. The number of aromatic nitrogens is 4. The monoisotopic (exact) mass is 556 g/mol. The second kappa shape index (κ2) is 11.1. The number of nitrogens with one attached hydrogen (secondary N) is 2. The first-order valence-corrected chi connectivity index (χ1v) is 13.1. The Morgan fingerprint density at radius 2 is 1.77 bits per heavy atom. The summed E-state index contributed by atoms with van der Waals surface area (Å²) in [7, 11) is 3.85. The van der Waals surface area contributed by atoms with E-state index in [1.54, 1.807) is 28.8 Å². The van der Waals surface area contributed by atoms with E-state index in [0.717, 1.165) is 18.8 Å². The molecule has 2 fully saturated rings. The van der Waals surface area contributed by atoms with Crippen LogP contribution in [0.25, 0.3) is 11.2 Å². The standard InChI is InChI=1S/C25H30ClN9O4/c1-16-21-22(32(3)30-16)27-15-20(35(21)34-8-6-31(2)7-9-34)23(36)29-25(38)28-17-4-5-18(19(26)14-17)24(37)33-10-12-39-13-11-33/h4-5,14-15H,6-13H2,1-3H3,(H-,28,29,36,37,38)/p+1. The van der Waals surface area contributed by atoms with Crippen LogP contribution in [0.4, 0.5) is 10.5 Å². The third-order valence-electron chi connectivity index (χ3n) is 6.89. The number of piperazine rings is 1. The fourth-order valence-corrected chi connectivity index (χ4v) is 5.06. The summed E-state index contributed by atoms with van der Waals surface area (Å²) in [5, 5.41) is 11.7. The van der Waals surface area contributed by atoms with Crippen LogP contribution in [0.2, 0.25) is 5.02 Å². The molecule has 0 aliphatic carbocycles. The minimum absolute atomic E-state index is 0.198. The van der Waals surface area contributed by atoms with Crippen molar-refractivity contribution in [3.8, 4) is 0 Å². The summed E-state index contributed by atoms with van der Waals surface area (Å²) in [4.78, 5) is 47.2. The molecule has 0 unspecified atom stereocenters. The van der Waals surface area contributed by atoms with Gasteiger partial charge in [0.25, 0.3) is 5.91 Å². The lowest BCUT2D eigenvalue weighted by Crippen LogP contribution is -2.67. The van der Waals surface area contributed by atoms with Gasteiger partial charge < -0.3 is 19.9 Å². The van der Waals surface area contributed by atoms with Crippen molar-refractivity contribution in [2.75, 3.05) is 69.9 Å². The Morgan fingerprint density at radius 1 is 1.05 bits per heavy atom. The van der Waals surface area contributed by atoms with Crippen LogP contribution in [0.3, 0.4) is 0 Å². The van der Waals surface area contributed by atoms with Crippen molar-refractivity contribution >= 4 is 46.3 Å². The van der Waals surface area contributed by atoms with Crippen LogP contribution in [0.1, 0.15) is 26.5 Å². The highest BCUT2D eigenvalue weighted by Crippen LogP contribution is 2.23. The Labute approximate surface area is 230 Å². The zero-order valence-electron chi connectivity index (χ0n) is 22.1. The van der Waals surface area contributed by atoms with Gasteiger partial charge in [-0.1, -0.05) is 16.3 Å². The molecule has 3 aromatic rings. The van der Waals surface area contributed by atoms with Crippen LogP contribution < -0.4 is 20.3 Å². The van der Waals surface area contributed by atoms with Gasteiger partial charge in [-0.2, -0.15) is 10.1 Å². The predicted molar refractivity (Wildman–Crippen MR) is 144 cm³/mol. The third-order valence-corrected chi connectivity index (χ3v) is 7.20. The zero-order valence-corrected chi connectivity index (χ0v) is 22.9. The topological polar surface area (TPSA) is 129 Å². The van der Waals surface area contributed by atoms with Crippen molar-refractivity contribution in [1.82, 2.24) is 29.9 Å². The number of carbonyl (C=O) groups excluding carboxylic acids is 3. The lowest BCUT2D eigenvalue weighted by molar-refractivity contribution is -0.671. The molecule has 5 rings (SSSR count). The van der Waals surface area contributed by atoms with Gasteiger partial charge in [0.05, 0.1) is 36.9 Å². The quantitative estimate of drug-likeness (QED) is 0.446. The molecule has 1 aromatic carbocycles. The van der Waals surface area contributed by atoms with Gasteiger partial charge >= 0.3 is 23.1 Å². The molecule has 0 atom stereocenters. The number of morpholine rings is 1. The fourth-order valence-electron chi connectivity index (χ4n) is 4.80. The highest BCUT2D eigenvalue weighted by Gasteiger charge is 2.34. The van der Waals surface area contributed by atoms with Gasteiger partial charge in [-0.25, -0.2) is 14.5 Å². The molecule has 0 saturated carbocycles. The van der Waals surface area contributed by atoms with Crippen LogP contribution in [-0.2, 0) is 11.8 Å². The maximum absolute atomic E-state index is 13.3. The molecule has 4 heterocycles. The van der Waals surface area contributed by atoms with Crippen LogP contribution in [0.5, 0.6) is 0 Å². The normalized spacial score (nSPS) is 16.4. The van der Waals surface area contributed by atoms with Crippen molar-refractivity contribution < 1.29 is 23.8 Å². The molecular weight excluding hydrogens is 526 g/mol. The van der Waals surface area contributed by atoms with Gasteiger partial charge in [-0.15, -0.1) is 0 Å². The molecule has 206 valence electrons. The van der Waals surface area contributed by atoms with Gasteiger partial charge in [-0.3, -0.25) is 14.9 Å². The molecule has 2 aliphatic rings. The molecule has 13 nitrogen and oxygen atoms in total. The largest absolute Gasteiger partial charge is 0.378 e. The van der Waals surface area contributed by atoms with E-state index in [4.69, 9.17) is 16.3 Å². The minimum atomic E-state index is -0.740. The number of amides is 4. The Morgan fingerprint density at radius 3 is 2.46 bits per heavy atom. The molecule has 14 heteroatoms. The van der Waals surface area contributed by atoms with Gasteiger partial charge in [0.2, 0.25) is 5.65 Å². The second-order valence-corrected chi connectivity index (χ2v) is 10.0. The smallest absolute Gasteiger partial charge is 0.328 e. The van der Waals surface area contributed by atoms with Crippen molar-refractivity contribution in [3.63, 3.8) is 0 Å². The fraction of sp³-hybridized carbons (Fsp3) is 0.440. The van der Waals surface area contributed by atoms with Crippen molar-refractivity contribution in [2.24, 2.45) is 7.05 Å². The number of ether oxygens (including phenoxy) is 1. The lowest BCUT2D eigenvalue weighted by atomic mass is 10.1. The number of anilines is 1. The molecule has 39 heavy (non-hydrogen) atoms. The number of likely N-dealkylation sites (N-methyl/N-ethyl adjacent to an activating group) is 1. The molecule has 2 saturated heterocycles. The number of rotatable bonds is 4. The molecule has 0 spiro atoms. The first-order chi connectivity index (χ1) is 18.7. The highest BCUT2D eigenvalue weighted by atomic mass is 35.5. The highest BCUT2D eigenvalue weighted by molar-refractivity contribution is 6.34. The van der Waals surface area contributed by atoms with E-state index in [1.165, 1.54) is 12.3 Å². The van der Waals surface area contributed by atoms with Gasteiger partial charge in [0.1, 0.15) is 11.9 Å². The summed E-state index contributed by atoms with van der Waals surface area (Å²) in [6.45, 7) is 6.83. The summed E-state index contributed by atoms with van der Waals surface area (Å²) in [5.74, 6) is -0.814. The van der Waals surface area contributed by atoms with Crippen LogP contribution >= 0.6 is 11.6 Å². The number of halogens is 1. The SMILES string of the molecule is Cc1nn(C)c2ncc(C(=O)NC(=O)Nc3ccc(C(=O)N4CCOCC4)c(Cl)c3)[n+](N3CCN(C)CC3)c12. The second-order valence-electron chi connectivity index (χ2n) is 9.60. The maximum atomic E-state index is 13.3. The number of urea groups is 1. The first kappa shape index (κ1) is 26.8. The van der Waals surface area contributed by atoms with E-state index in [9.17, 15) is 14.4 Å². The van der Waals surface area contributed by atoms with Crippen LogP contribution in [-0.4, -0.2) is 102 Å². The molecule has 2 N–H and O–H groups in total. The van der Waals surface area contributed by atoms with E-state index in [2.05, 4.69) is 37.7 Å². The van der Waals surface area contributed by atoms with Crippen LogP contribution in [0, 0.1) is 6.92 Å². The van der Waals surface area contributed by atoms with E-state index < -0.39 is 11.9 Å². The van der Waals surface area contributed by atoms with Crippen molar-refractivity contribution in [3.05, 3.63) is 46.4 Å². The van der Waals surface area contributed by atoms with Gasteiger partial charge in [0.15, 0.2) is 0 Å². The number of fused-ring (bicyclic) bond motifs is 1. The summed E-state index contributed by atoms with van der Waals surface area (Å²) < 4.78 is 8.77. The van der Waals surface area contributed by atoms with E-state index in [1.807, 2.05) is 11.6 Å². The maximum Gasteiger partial charge on any atom is 0.328 e. The number of carbonyl (C=O) groups is 3. The molecule has 2 aromatic heterocycles. The third kappa shape index (κ3) is 5.51. The molecular formula is C25H31ClN9O4+. The lowest BCUT2D eigenvalue weighted by Gasteiger charge is -2.29.